The fourth-order valence-electron chi connectivity index (χ4n) is 3.43. The van der Waals surface area contributed by atoms with Crippen LogP contribution in [0.2, 0.25) is 0 Å². The van der Waals surface area contributed by atoms with E-state index in [4.69, 9.17) is 10.5 Å². The fourth-order valence-corrected chi connectivity index (χ4v) is 3.43. The van der Waals surface area contributed by atoms with Crippen molar-refractivity contribution in [2.24, 2.45) is 0 Å². The van der Waals surface area contributed by atoms with Gasteiger partial charge in [-0.3, -0.25) is 4.98 Å². The molecule has 4 heteroatoms. The summed E-state index contributed by atoms with van der Waals surface area (Å²) in [6.45, 7) is 10.3. The maximum atomic E-state index is 6.17. The quantitative estimate of drug-likeness (QED) is 0.817. The number of rotatable bonds is 1. The molecule has 0 saturated carbocycles. The Morgan fingerprint density at radius 3 is 2.38 bits per heavy atom. The number of nitrogens with zero attached hydrogens (tertiary/aromatic N) is 2. The number of benzene rings is 1. The minimum atomic E-state index is -0.183. The van der Waals surface area contributed by atoms with Crippen molar-refractivity contribution >= 4 is 22.1 Å². The lowest BCUT2D eigenvalue weighted by atomic mass is 9.97. The van der Waals surface area contributed by atoms with Crippen LogP contribution in [0.4, 0.5) is 11.4 Å². The predicted octanol–water partition coefficient (Wildman–Crippen LogP) is 3.21. The van der Waals surface area contributed by atoms with Gasteiger partial charge in [0.2, 0.25) is 0 Å². The monoisotopic (exact) mass is 285 g/mol. The lowest BCUT2D eigenvalue weighted by Gasteiger charge is -2.48. The Morgan fingerprint density at radius 2 is 1.71 bits per heavy atom. The number of nitrogen functional groups attached to an aromatic ring is 1. The number of aromatic nitrogens is 1. The molecule has 2 N–H and O–H groups in total. The number of fused-ring (bicyclic) bond motifs is 1. The summed E-state index contributed by atoms with van der Waals surface area (Å²) in [6, 6.07) is 6.05. The van der Waals surface area contributed by atoms with E-state index in [0.717, 1.165) is 29.5 Å². The van der Waals surface area contributed by atoms with Gasteiger partial charge in [0.25, 0.3) is 0 Å². The van der Waals surface area contributed by atoms with Gasteiger partial charge in [-0.2, -0.15) is 0 Å². The van der Waals surface area contributed by atoms with Crippen molar-refractivity contribution < 1.29 is 4.74 Å². The molecule has 0 radical (unpaired) electrons. The standard InChI is InChI=1S/C17H23N3O/c1-16(2)10-20(11-17(3,4)21-16)15-6-5-14(18)12-7-8-19-9-13(12)15/h5-9H,10-11,18H2,1-4H3. The molecule has 21 heavy (non-hydrogen) atoms. The first-order chi connectivity index (χ1) is 9.77. The smallest absolute Gasteiger partial charge is 0.0808 e. The zero-order valence-corrected chi connectivity index (χ0v) is 13.2. The van der Waals surface area contributed by atoms with Gasteiger partial charge in [0.1, 0.15) is 0 Å². The molecule has 4 nitrogen and oxygen atoms in total. The summed E-state index contributed by atoms with van der Waals surface area (Å²) in [5.41, 5.74) is 7.70. The highest BCUT2D eigenvalue weighted by atomic mass is 16.5. The van der Waals surface area contributed by atoms with Gasteiger partial charge in [0.15, 0.2) is 0 Å². The van der Waals surface area contributed by atoms with E-state index < -0.39 is 0 Å². The zero-order valence-electron chi connectivity index (χ0n) is 13.2. The van der Waals surface area contributed by atoms with E-state index >= 15 is 0 Å². The maximum Gasteiger partial charge on any atom is 0.0808 e. The molecule has 1 saturated heterocycles. The van der Waals surface area contributed by atoms with Crippen LogP contribution in [0.1, 0.15) is 27.7 Å². The highest BCUT2D eigenvalue weighted by molar-refractivity contribution is 6.00. The normalized spacial score (nSPS) is 20.7. The largest absolute Gasteiger partial charge is 0.398 e. The van der Waals surface area contributed by atoms with E-state index in [1.807, 2.05) is 18.3 Å². The van der Waals surface area contributed by atoms with Gasteiger partial charge in [-0.05, 0) is 45.9 Å². The van der Waals surface area contributed by atoms with Crippen molar-refractivity contribution in [3.63, 3.8) is 0 Å². The molecule has 3 rings (SSSR count). The average Bonchev–Trinajstić information content (AvgIpc) is 2.35. The third-order valence-electron chi connectivity index (χ3n) is 3.87. The van der Waals surface area contributed by atoms with Crippen molar-refractivity contribution in [2.75, 3.05) is 23.7 Å². The Hall–Kier alpha value is -1.81. The summed E-state index contributed by atoms with van der Waals surface area (Å²) >= 11 is 0. The van der Waals surface area contributed by atoms with Crippen LogP contribution in [0.15, 0.2) is 30.6 Å². The van der Waals surface area contributed by atoms with Crippen LogP contribution in [-0.2, 0) is 4.74 Å². The highest BCUT2D eigenvalue weighted by Gasteiger charge is 2.38. The number of pyridine rings is 1. The number of anilines is 2. The van der Waals surface area contributed by atoms with Gasteiger partial charge >= 0.3 is 0 Å². The second-order valence-corrected chi connectivity index (χ2v) is 7.07. The first-order valence-corrected chi connectivity index (χ1v) is 7.35. The van der Waals surface area contributed by atoms with E-state index in [1.165, 1.54) is 5.69 Å². The molecule has 112 valence electrons. The molecule has 0 spiro atoms. The third kappa shape index (κ3) is 2.68. The molecular formula is C17H23N3O. The molecule has 0 aliphatic carbocycles. The maximum absolute atomic E-state index is 6.17. The fraction of sp³-hybridized carbons (Fsp3) is 0.471. The molecule has 0 unspecified atom stereocenters. The Kier molecular flexibility index (Phi) is 3.10. The lowest BCUT2D eigenvalue weighted by Crippen LogP contribution is -2.57. The first-order valence-electron chi connectivity index (χ1n) is 7.35. The molecule has 0 bridgehead atoms. The van der Waals surface area contributed by atoms with Gasteiger partial charge in [-0.15, -0.1) is 0 Å². The molecule has 2 aromatic rings. The number of hydrogen-bond donors (Lipinski definition) is 1. The van der Waals surface area contributed by atoms with E-state index in [1.54, 1.807) is 6.20 Å². The van der Waals surface area contributed by atoms with Crippen LogP contribution < -0.4 is 10.6 Å². The molecule has 0 atom stereocenters. The number of hydrogen-bond acceptors (Lipinski definition) is 4. The van der Waals surface area contributed by atoms with Crippen molar-refractivity contribution in [3.05, 3.63) is 30.6 Å². The van der Waals surface area contributed by atoms with Crippen LogP contribution in [0.5, 0.6) is 0 Å². The van der Waals surface area contributed by atoms with E-state index in [-0.39, 0.29) is 11.2 Å². The van der Waals surface area contributed by atoms with Gasteiger partial charge in [-0.1, -0.05) is 0 Å². The summed E-state index contributed by atoms with van der Waals surface area (Å²) < 4.78 is 6.17. The first kappa shape index (κ1) is 14.1. The number of ether oxygens (including phenoxy) is 1. The topological polar surface area (TPSA) is 51.4 Å². The summed E-state index contributed by atoms with van der Waals surface area (Å²) in [4.78, 5) is 6.65. The summed E-state index contributed by atoms with van der Waals surface area (Å²) in [5, 5.41) is 2.16. The lowest BCUT2D eigenvalue weighted by molar-refractivity contribution is -0.133. The number of nitrogens with two attached hydrogens (primary N) is 1. The van der Waals surface area contributed by atoms with Crippen LogP contribution in [-0.4, -0.2) is 29.3 Å². The zero-order chi connectivity index (χ0) is 15.3. The predicted molar refractivity (Wildman–Crippen MR) is 87.6 cm³/mol. The van der Waals surface area contributed by atoms with Crippen LogP contribution in [0.3, 0.4) is 0 Å². The molecule has 1 fully saturated rings. The van der Waals surface area contributed by atoms with Crippen LogP contribution in [0, 0.1) is 0 Å². The number of morpholine rings is 1. The van der Waals surface area contributed by atoms with Crippen molar-refractivity contribution in [3.8, 4) is 0 Å². The Morgan fingerprint density at radius 1 is 1.05 bits per heavy atom. The Balaban J connectivity index is 2.10. The van der Waals surface area contributed by atoms with Crippen LogP contribution in [0.25, 0.3) is 10.8 Å². The molecular weight excluding hydrogens is 262 g/mol. The van der Waals surface area contributed by atoms with Crippen molar-refractivity contribution in [2.45, 2.75) is 38.9 Å². The molecule has 2 heterocycles. The molecule has 1 aromatic heterocycles. The van der Waals surface area contributed by atoms with Gasteiger partial charge < -0.3 is 15.4 Å². The van der Waals surface area contributed by atoms with E-state index in [2.05, 4.69) is 43.6 Å². The highest BCUT2D eigenvalue weighted by Crippen LogP contribution is 2.36. The average molecular weight is 285 g/mol. The molecule has 1 aliphatic rings. The third-order valence-corrected chi connectivity index (χ3v) is 3.87. The van der Waals surface area contributed by atoms with Gasteiger partial charge in [-0.25, -0.2) is 0 Å². The van der Waals surface area contributed by atoms with E-state index in [9.17, 15) is 0 Å². The summed E-state index contributed by atoms with van der Waals surface area (Å²) in [6.07, 6.45) is 3.69. The molecule has 1 aromatic carbocycles. The van der Waals surface area contributed by atoms with Gasteiger partial charge in [0.05, 0.1) is 11.2 Å². The SMILES string of the molecule is CC1(C)CN(c2ccc(N)c3ccncc23)CC(C)(C)O1. The Labute approximate surface area is 125 Å². The van der Waals surface area contributed by atoms with E-state index in [0.29, 0.717) is 0 Å². The second kappa shape index (κ2) is 4.60. The second-order valence-electron chi connectivity index (χ2n) is 7.07. The van der Waals surface area contributed by atoms with Crippen molar-refractivity contribution in [1.29, 1.82) is 0 Å². The summed E-state index contributed by atoms with van der Waals surface area (Å²) in [5.74, 6) is 0. The molecule has 1 aliphatic heterocycles. The Bertz CT molecular complexity index is 663. The van der Waals surface area contributed by atoms with Crippen molar-refractivity contribution in [1.82, 2.24) is 4.98 Å². The molecule has 0 amide bonds. The minimum Gasteiger partial charge on any atom is -0.398 e. The van der Waals surface area contributed by atoms with Crippen LogP contribution >= 0.6 is 0 Å². The minimum absolute atomic E-state index is 0.183. The van der Waals surface area contributed by atoms with Gasteiger partial charge in [0, 0.05) is 47.6 Å². The summed E-state index contributed by atoms with van der Waals surface area (Å²) in [7, 11) is 0.